The highest BCUT2D eigenvalue weighted by atomic mass is 32.2. The van der Waals surface area contributed by atoms with Crippen LogP contribution in [-0.4, -0.2) is 24.4 Å². The number of thioether (sulfide) groups is 1. The standard InChI is InChI=1S/C22H26N2O3S/c1-14-11-18(25-5)19(26-6)12-16(14)13-28-21-24-23-20(27-21)15-7-9-17(10-8-15)22(2,3)4/h7-12H,13H2,1-6H3. The Morgan fingerprint density at radius 1 is 0.964 bits per heavy atom. The molecule has 0 unspecified atom stereocenters. The Hall–Kier alpha value is -2.47. The van der Waals surface area contributed by atoms with Crippen LogP contribution in [0.15, 0.2) is 46.0 Å². The average Bonchev–Trinajstić information content (AvgIpc) is 3.15. The third-order valence-corrected chi connectivity index (χ3v) is 5.46. The molecule has 3 aromatic rings. The van der Waals surface area contributed by atoms with Gasteiger partial charge in [-0.25, -0.2) is 0 Å². The minimum Gasteiger partial charge on any atom is -0.493 e. The van der Waals surface area contributed by atoms with Crippen molar-refractivity contribution in [3.8, 4) is 23.0 Å². The topological polar surface area (TPSA) is 57.4 Å². The van der Waals surface area contributed by atoms with Gasteiger partial charge in [0.05, 0.1) is 14.2 Å². The van der Waals surface area contributed by atoms with Gasteiger partial charge in [-0.3, -0.25) is 0 Å². The molecule has 0 fully saturated rings. The molecule has 2 aromatic carbocycles. The lowest BCUT2D eigenvalue weighted by Crippen LogP contribution is -2.10. The molecule has 0 bridgehead atoms. The summed E-state index contributed by atoms with van der Waals surface area (Å²) in [6.07, 6.45) is 0. The number of ether oxygens (including phenoxy) is 2. The van der Waals surface area contributed by atoms with Gasteiger partial charge in [-0.05, 0) is 53.3 Å². The molecule has 0 aliphatic carbocycles. The molecule has 3 rings (SSSR count). The van der Waals surface area contributed by atoms with E-state index in [1.165, 1.54) is 17.3 Å². The zero-order valence-electron chi connectivity index (χ0n) is 17.2. The van der Waals surface area contributed by atoms with E-state index in [9.17, 15) is 0 Å². The molecular formula is C22H26N2O3S. The fourth-order valence-electron chi connectivity index (χ4n) is 2.82. The van der Waals surface area contributed by atoms with E-state index in [1.54, 1.807) is 14.2 Å². The predicted molar refractivity (Wildman–Crippen MR) is 112 cm³/mol. The Morgan fingerprint density at radius 2 is 1.61 bits per heavy atom. The van der Waals surface area contributed by atoms with Crippen LogP contribution in [0.25, 0.3) is 11.5 Å². The fraction of sp³-hybridized carbons (Fsp3) is 0.364. The molecule has 0 saturated heterocycles. The summed E-state index contributed by atoms with van der Waals surface area (Å²) in [6, 6.07) is 12.2. The first-order valence-corrected chi connectivity index (χ1v) is 10.1. The molecule has 28 heavy (non-hydrogen) atoms. The van der Waals surface area contributed by atoms with E-state index in [0.29, 0.717) is 22.6 Å². The Balaban J connectivity index is 1.72. The fourth-order valence-corrected chi connectivity index (χ4v) is 3.64. The van der Waals surface area contributed by atoms with Crippen LogP contribution in [0.2, 0.25) is 0 Å². The highest BCUT2D eigenvalue weighted by Crippen LogP contribution is 2.34. The summed E-state index contributed by atoms with van der Waals surface area (Å²) in [5.41, 5.74) is 4.58. The maximum atomic E-state index is 5.84. The van der Waals surface area contributed by atoms with Crippen molar-refractivity contribution in [1.29, 1.82) is 0 Å². The summed E-state index contributed by atoms with van der Waals surface area (Å²) in [7, 11) is 3.28. The second-order valence-corrected chi connectivity index (χ2v) is 8.55. The first kappa shape index (κ1) is 20.3. The van der Waals surface area contributed by atoms with Gasteiger partial charge in [0.2, 0.25) is 5.89 Å². The van der Waals surface area contributed by atoms with E-state index in [2.05, 4.69) is 43.1 Å². The van der Waals surface area contributed by atoms with Crippen LogP contribution in [-0.2, 0) is 11.2 Å². The number of benzene rings is 2. The third-order valence-electron chi connectivity index (χ3n) is 4.60. The highest BCUT2D eigenvalue weighted by molar-refractivity contribution is 7.98. The smallest absolute Gasteiger partial charge is 0.277 e. The number of rotatable bonds is 6. The average molecular weight is 399 g/mol. The van der Waals surface area contributed by atoms with Gasteiger partial charge >= 0.3 is 0 Å². The minimum atomic E-state index is 0.117. The zero-order valence-corrected chi connectivity index (χ0v) is 18.0. The molecule has 0 aliphatic heterocycles. The van der Waals surface area contributed by atoms with Crippen molar-refractivity contribution < 1.29 is 13.9 Å². The normalized spacial score (nSPS) is 11.5. The van der Waals surface area contributed by atoms with Gasteiger partial charge in [-0.2, -0.15) is 0 Å². The van der Waals surface area contributed by atoms with Crippen molar-refractivity contribution in [2.75, 3.05) is 14.2 Å². The van der Waals surface area contributed by atoms with Gasteiger partial charge in [0.1, 0.15) is 0 Å². The summed E-state index contributed by atoms with van der Waals surface area (Å²) >= 11 is 1.51. The summed E-state index contributed by atoms with van der Waals surface area (Å²) in [5.74, 6) is 2.69. The van der Waals surface area contributed by atoms with Gasteiger partial charge in [-0.15, -0.1) is 10.2 Å². The van der Waals surface area contributed by atoms with Crippen LogP contribution >= 0.6 is 11.8 Å². The summed E-state index contributed by atoms with van der Waals surface area (Å²) < 4.78 is 16.6. The first-order valence-electron chi connectivity index (χ1n) is 9.10. The van der Waals surface area contributed by atoms with Crippen molar-refractivity contribution in [3.63, 3.8) is 0 Å². The molecule has 0 radical (unpaired) electrons. The van der Waals surface area contributed by atoms with Crippen LogP contribution < -0.4 is 9.47 Å². The Morgan fingerprint density at radius 3 is 2.21 bits per heavy atom. The Bertz CT molecular complexity index is 943. The van der Waals surface area contributed by atoms with E-state index >= 15 is 0 Å². The lowest BCUT2D eigenvalue weighted by molar-refractivity contribution is 0.354. The summed E-state index contributed by atoms with van der Waals surface area (Å²) in [4.78, 5) is 0. The molecule has 0 amide bonds. The molecule has 148 valence electrons. The predicted octanol–water partition coefficient (Wildman–Crippen LogP) is 5.65. The molecule has 1 aromatic heterocycles. The SMILES string of the molecule is COc1cc(C)c(CSc2nnc(-c3ccc(C(C)(C)C)cc3)o2)cc1OC. The van der Waals surface area contributed by atoms with Crippen molar-refractivity contribution in [1.82, 2.24) is 10.2 Å². The molecule has 0 spiro atoms. The van der Waals surface area contributed by atoms with Crippen molar-refractivity contribution in [3.05, 3.63) is 53.1 Å². The first-order chi connectivity index (χ1) is 13.3. The van der Waals surface area contributed by atoms with Crippen molar-refractivity contribution in [2.45, 2.75) is 44.1 Å². The van der Waals surface area contributed by atoms with Crippen LogP contribution in [0.5, 0.6) is 11.5 Å². The van der Waals surface area contributed by atoms with E-state index in [1.807, 2.05) is 31.2 Å². The van der Waals surface area contributed by atoms with Gasteiger partial charge in [0, 0.05) is 11.3 Å². The summed E-state index contributed by atoms with van der Waals surface area (Å²) in [5, 5.41) is 8.91. The molecule has 0 atom stereocenters. The van der Waals surface area contributed by atoms with E-state index in [0.717, 1.165) is 22.4 Å². The molecule has 1 heterocycles. The van der Waals surface area contributed by atoms with Gasteiger partial charge < -0.3 is 13.9 Å². The maximum absolute atomic E-state index is 5.84. The number of aromatic nitrogens is 2. The van der Waals surface area contributed by atoms with Crippen LogP contribution in [0.1, 0.15) is 37.5 Å². The van der Waals surface area contributed by atoms with Gasteiger partial charge in [-0.1, -0.05) is 44.7 Å². The molecule has 6 heteroatoms. The third kappa shape index (κ3) is 4.50. The van der Waals surface area contributed by atoms with E-state index < -0.39 is 0 Å². The number of nitrogens with zero attached hydrogens (tertiary/aromatic N) is 2. The van der Waals surface area contributed by atoms with E-state index in [4.69, 9.17) is 13.9 Å². The highest BCUT2D eigenvalue weighted by Gasteiger charge is 2.15. The number of hydrogen-bond donors (Lipinski definition) is 0. The Kier molecular flexibility index (Phi) is 5.98. The number of methoxy groups -OCH3 is 2. The van der Waals surface area contributed by atoms with Crippen LogP contribution in [0.4, 0.5) is 0 Å². The number of aryl methyl sites for hydroxylation is 1. The van der Waals surface area contributed by atoms with Crippen molar-refractivity contribution in [2.24, 2.45) is 0 Å². The molecule has 0 aliphatic rings. The second kappa shape index (κ2) is 8.27. The largest absolute Gasteiger partial charge is 0.493 e. The van der Waals surface area contributed by atoms with E-state index in [-0.39, 0.29) is 5.41 Å². The molecular weight excluding hydrogens is 372 g/mol. The molecule has 0 N–H and O–H groups in total. The monoisotopic (exact) mass is 398 g/mol. The van der Waals surface area contributed by atoms with Crippen molar-refractivity contribution >= 4 is 11.8 Å². The van der Waals surface area contributed by atoms with Crippen LogP contribution in [0, 0.1) is 6.92 Å². The lowest BCUT2D eigenvalue weighted by Gasteiger charge is -2.18. The lowest BCUT2D eigenvalue weighted by atomic mass is 9.87. The number of hydrogen-bond acceptors (Lipinski definition) is 6. The van der Waals surface area contributed by atoms with Gasteiger partial charge in [0.25, 0.3) is 5.22 Å². The van der Waals surface area contributed by atoms with Crippen LogP contribution in [0.3, 0.4) is 0 Å². The molecule has 0 saturated carbocycles. The Labute approximate surface area is 170 Å². The maximum Gasteiger partial charge on any atom is 0.277 e. The second-order valence-electron chi connectivity index (χ2n) is 7.62. The van der Waals surface area contributed by atoms with Gasteiger partial charge in [0.15, 0.2) is 11.5 Å². The zero-order chi connectivity index (χ0) is 20.3. The quantitative estimate of drug-likeness (QED) is 0.500. The summed E-state index contributed by atoms with van der Waals surface area (Å²) in [6.45, 7) is 8.63. The minimum absolute atomic E-state index is 0.117. The molecule has 5 nitrogen and oxygen atoms in total.